The normalized spacial score (nSPS) is 17.2. The number of halogens is 1. The van der Waals surface area contributed by atoms with Crippen molar-refractivity contribution in [2.75, 3.05) is 33.9 Å². The third-order valence-corrected chi connectivity index (χ3v) is 5.86. The van der Waals surface area contributed by atoms with E-state index in [2.05, 4.69) is 23.5 Å². The molecule has 178 valence electrons. The van der Waals surface area contributed by atoms with Crippen LogP contribution in [0.1, 0.15) is 19.0 Å². The first-order valence-electron chi connectivity index (χ1n) is 11.0. The molecule has 1 atom stereocenters. The standard InChI is InChI=1S/C26H29FN4O3/c1-6-19(14-28)22(27)13-17(2)24-23(20-7-9-21(33-5)10-8-20)25(32)31(4)26(29-24)34-16-18-11-12-30(3)15-18/h6-10,13,18H,1,11-12,15-16H2,2-5H3/b17-13+,22-19-. The molecular formula is C26H29FN4O3. The number of likely N-dealkylation sites (tertiary alicyclic amines) is 1. The van der Waals surface area contributed by atoms with Crippen molar-refractivity contribution in [3.63, 3.8) is 0 Å². The van der Waals surface area contributed by atoms with Gasteiger partial charge in [0.05, 0.1) is 30.5 Å². The third-order valence-electron chi connectivity index (χ3n) is 5.86. The van der Waals surface area contributed by atoms with Crippen LogP contribution >= 0.6 is 0 Å². The van der Waals surface area contributed by atoms with Crippen LogP contribution in [0.5, 0.6) is 11.8 Å². The SMILES string of the molecule is C=C/C(C#N)=C(F)\C=C(/C)c1nc(OCC2CCN(C)C2)n(C)c(=O)c1-c1ccc(OC)cc1. The van der Waals surface area contributed by atoms with Crippen LogP contribution in [0.15, 0.2) is 59.2 Å². The number of nitriles is 1. The van der Waals surface area contributed by atoms with Crippen molar-refractivity contribution in [2.45, 2.75) is 13.3 Å². The lowest BCUT2D eigenvalue weighted by Gasteiger charge is -2.17. The minimum absolute atomic E-state index is 0.160. The molecule has 0 N–H and O–H groups in total. The van der Waals surface area contributed by atoms with Crippen LogP contribution in [-0.4, -0.2) is 48.3 Å². The minimum Gasteiger partial charge on any atom is -0.497 e. The number of nitrogens with zero attached hydrogens (tertiary/aromatic N) is 4. The molecule has 0 aliphatic carbocycles. The van der Waals surface area contributed by atoms with Crippen LogP contribution < -0.4 is 15.0 Å². The number of benzene rings is 1. The van der Waals surface area contributed by atoms with Gasteiger partial charge in [0.25, 0.3) is 11.6 Å². The average Bonchev–Trinajstić information content (AvgIpc) is 3.25. The molecule has 7 nitrogen and oxygen atoms in total. The topological polar surface area (TPSA) is 80.4 Å². The van der Waals surface area contributed by atoms with Gasteiger partial charge in [0, 0.05) is 19.5 Å². The molecule has 0 amide bonds. The molecule has 2 heterocycles. The summed E-state index contributed by atoms with van der Waals surface area (Å²) in [5, 5.41) is 9.13. The van der Waals surface area contributed by atoms with Crippen molar-refractivity contribution in [2.24, 2.45) is 13.0 Å². The minimum atomic E-state index is -0.755. The van der Waals surface area contributed by atoms with Gasteiger partial charge in [-0.1, -0.05) is 18.7 Å². The highest BCUT2D eigenvalue weighted by atomic mass is 19.1. The summed E-state index contributed by atoms with van der Waals surface area (Å²) in [4.78, 5) is 20.3. The summed E-state index contributed by atoms with van der Waals surface area (Å²) in [6.07, 6.45) is 3.34. The van der Waals surface area contributed by atoms with Crippen LogP contribution in [0.3, 0.4) is 0 Å². The Hall–Kier alpha value is -3.70. The maximum atomic E-state index is 14.7. The zero-order valence-electron chi connectivity index (χ0n) is 20.0. The average molecular weight is 465 g/mol. The van der Waals surface area contributed by atoms with E-state index in [0.29, 0.717) is 35.0 Å². The molecule has 1 unspecified atom stereocenters. The smallest absolute Gasteiger partial charge is 0.299 e. The number of allylic oxidation sites excluding steroid dienone is 5. The molecule has 2 aromatic rings. The first kappa shape index (κ1) is 24.9. The van der Waals surface area contributed by atoms with E-state index in [1.54, 1.807) is 51.4 Å². The van der Waals surface area contributed by atoms with Gasteiger partial charge in [-0.15, -0.1) is 0 Å². The van der Waals surface area contributed by atoms with E-state index in [4.69, 9.17) is 14.7 Å². The summed E-state index contributed by atoms with van der Waals surface area (Å²) in [6.45, 7) is 7.45. The molecule has 1 aliphatic rings. The molecular weight excluding hydrogens is 435 g/mol. The maximum absolute atomic E-state index is 14.7. The predicted molar refractivity (Wildman–Crippen MR) is 130 cm³/mol. The molecule has 1 saturated heterocycles. The lowest BCUT2D eigenvalue weighted by Crippen LogP contribution is -2.26. The summed E-state index contributed by atoms with van der Waals surface area (Å²) >= 11 is 0. The van der Waals surface area contributed by atoms with Gasteiger partial charge < -0.3 is 14.4 Å². The highest BCUT2D eigenvalue weighted by molar-refractivity contribution is 5.79. The highest BCUT2D eigenvalue weighted by Crippen LogP contribution is 2.29. The van der Waals surface area contributed by atoms with Gasteiger partial charge >= 0.3 is 0 Å². The van der Waals surface area contributed by atoms with E-state index in [9.17, 15) is 9.18 Å². The Morgan fingerprint density at radius 3 is 2.62 bits per heavy atom. The predicted octanol–water partition coefficient (Wildman–Crippen LogP) is 4.12. The molecule has 0 spiro atoms. The van der Waals surface area contributed by atoms with Gasteiger partial charge in [0.1, 0.15) is 17.6 Å². The third kappa shape index (κ3) is 5.43. The molecule has 1 aromatic carbocycles. The van der Waals surface area contributed by atoms with Gasteiger partial charge in [0.15, 0.2) is 0 Å². The van der Waals surface area contributed by atoms with Crippen molar-refractivity contribution in [1.82, 2.24) is 14.5 Å². The second-order valence-electron chi connectivity index (χ2n) is 8.34. The highest BCUT2D eigenvalue weighted by Gasteiger charge is 2.23. The van der Waals surface area contributed by atoms with E-state index in [1.807, 2.05) is 0 Å². The van der Waals surface area contributed by atoms with E-state index in [-0.39, 0.29) is 22.8 Å². The zero-order valence-corrected chi connectivity index (χ0v) is 20.0. The lowest BCUT2D eigenvalue weighted by molar-refractivity contribution is 0.222. The van der Waals surface area contributed by atoms with Crippen molar-refractivity contribution in [1.29, 1.82) is 5.26 Å². The van der Waals surface area contributed by atoms with Gasteiger partial charge in [-0.25, -0.2) is 4.39 Å². The molecule has 34 heavy (non-hydrogen) atoms. The monoisotopic (exact) mass is 464 g/mol. The number of rotatable bonds is 8. The van der Waals surface area contributed by atoms with Crippen LogP contribution in [0.25, 0.3) is 16.7 Å². The fourth-order valence-electron chi connectivity index (χ4n) is 3.90. The fourth-order valence-corrected chi connectivity index (χ4v) is 3.90. The molecule has 3 rings (SSSR count). The molecule has 1 fully saturated rings. The number of hydrogen-bond donors (Lipinski definition) is 0. The Labute approximate surface area is 199 Å². The van der Waals surface area contributed by atoms with E-state index < -0.39 is 5.83 Å². The number of methoxy groups -OCH3 is 1. The van der Waals surface area contributed by atoms with Gasteiger partial charge in [0.2, 0.25) is 0 Å². The van der Waals surface area contributed by atoms with Crippen molar-refractivity contribution < 1.29 is 13.9 Å². The summed E-state index contributed by atoms with van der Waals surface area (Å²) < 4.78 is 27.2. The Morgan fingerprint density at radius 1 is 1.35 bits per heavy atom. The Kier molecular flexibility index (Phi) is 8.03. The molecule has 1 aliphatic heterocycles. The molecule has 0 bridgehead atoms. The Morgan fingerprint density at radius 2 is 2.06 bits per heavy atom. The van der Waals surface area contributed by atoms with Crippen LogP contribution in [0.4, 0.5) is 4.39 Å². The molecule has 0 radical (unpaired) electrons. The maximum Gasteiger partial charge on any atom is 0.299 e. The van der Waals surface area contributed by atoms with Crippen LogP contribution in [-0.2, 0) is 7.05 Å². The summed E-state index contributed by atoms with van der Waals surface area (Å²) in [5.41, 5.74) is 1.04. The second-order valence-corrected chi connectivity index (χ2v) is 8.34. The van der Waals surface area contributed by atoms with Crippen LogP contribution in [0, 0.1) is 17.2 Å². The fraction of sp³-hybridized carbons (Fsp3) is 0.346. The van der Waals surface area contributed by atoms with E-state index >= 15 is 0 Å². The first-order valence-corrected chi connectivity index (χ1v) is 11.0. The van der Waals surface area contributed by atoms with Crippen LogP contribution in [0.2, 0.25) is 0 Å². The molecule has 1 aromatic heterocycles. The second kappa shape index (κ2) is 10.9. The summed E-state index contributed by atoms with van der Waals surface area (Å²) in [6, 6.07) is 8.91. The Balaban J connectivity index is 2.12. The van der Waals surface area contributed by atoms with E-state index in [1.165, 1.54) is 10.6 Å². The van der Waals surface area contributed by atoms with Gasteiger partial charge in [-0.05, 0) is 62.4 Å². The number of aromatic nitrogens is 2. The lowest BCUT2D eigenvalue weighted by atomic mass is 10.0. The quantitative estimate of drug-likeness (QED) is 0.432. The van der Waals surface area contributed by atoms with Crippen molar-refractivity contribution in [3.8, 4) is 29.0 Å². The Bertz CT molecular complexity index is 1220. The number of hydrogen-bond acceptors (Lipinski definition) is 6. The van der Waals surface area contributed by atoms with Gasteiger partial charge in [-0.2, -0.15) is 10.2 Å². The first-order chi connectivity index (χ1) is 16.3. The molecule has 8 heteroatoms. The zero-order chi connectivity index (χ0) is 24.8. The van der Waals surface area contributed by atoms with Gasteiger partial charge in [-0.3, -0.25) is 9.36 Å². The number of ether oxygens (including phenoxy) is 2. The van der Waals surface area contributed by atoms with Crippen molar-refractivity contribution in [3.05, 3.63) is 70.4 Å². The summed E-state index contributed by atoms with van der Waals surface area (Å²) in [7, 11) is 5.22. The largest absolute Gasteiger partial charge is 0.497 e. The van der Waals surface area contributed by atoms with Crippen molar-refractivity contribution >= 4 is 5.57 Å². The molecule has 0 saturated carbocycles. The van der Waals surface area contributed by atoms with E-state index in [0.717, 1.165) is 25.6 Å². The summed E-state index contributed by atoms with van der Waals surface area (Å²) in [5.74, 6) is 0.228.